The number of carbonyl (C=O) groups excluding carboxylic acids is 2. The lowest BCUT2D eigenvalue weighted by Crippen LogP contribution is -2.53. The first kappa shape index (κ1) is 18.9. The Morgan fingerprint density at radius 2 is 1.70 bits per heavy atom. The Morgan fingerprint density at radius 3 is 2.05 bits per heavy atom. The second-order valence-corrected chi connectivity index (χ2v) is 6.62. The van der Waals surface area contributed by atoms with E-state index < -0.39 is 35.7 Å². The van der Waals surface area contributed by atoms with E-state index in [1.165, 1.54) is 6.92 Å². The van der Waals surface area contributed by atoms with Crippen LogP contribution < -0.4 is 5.32 Å². The number of aliphatic hydroxyl groups is 2. The average Bonchev–Trinajstić information content (AvgIpc) is 2.23. The number of Topliss-reactive ketones (excluding diaryl/α,β-unsaturated/α-hetero) is 1. The van der Waals surface area contributed by atoms with E-state index in [1.54, 1.807) is 20.8 Å². The molecule has 20 heavy (non-hydrogen) atoms. The second-order valence-electron chi connectivity index (χ2n) is 6.62. The zero-order valence-corrected chi connectivity index (χ0v) is 13.2. The van der Waals surface area contributed by atoms with E-state index in [9.17, 15) is 14.7 Å². The summed E-state index contributed by atoms with van der Waals surface area (Å²) in [6.07, 6.45) is -0.362. The summed E-state index contributed by atoms with van der Waals surface area (Å²) >= 11 is 0. The van der Waals surface area contributed by atoms with Gasteiger partial charge in [-0.05, 0) is 40.0 Å². The summed E-state index contributed by atoms with van der Waals surface area (Å²) in [4.78, 5) is 23.9. The Balaban J connectivity index is 4.91. The molecule has 6 heteroatoms. The highest BCUT2D eigenvalue weighted by Gasteiger charge is 2.37. The fraction of sp³-hybridized carbons (Fsp3) is 0.857. The van der Waals surface area contributed by atoms with Gasteiger partial charge in [-0.15, -0.1) is 0 Å². The maximum Gasteiger partial charge on any atom is 0.408 e. The molecule has 0 rings (SSSR count). The lowest BCUT2D eigenvalue weighted by molar-refractivity contribution is -0.142. The van der Waals surface area contributed by atoms with Crippen molar-refractivity contribution in [1.82, 2.24) is 5.32 Å². The van der Waals surface area contributed by atoms with E-state index >= 15 is 0 Å². The van der Waals surface area contributed by atoms with Gasteiger partial charge in [0.25, 0.3) is 0 Å². The minimum absolute atomic E-state index is 0.133. The Morgan fingerprint density at radius 1 is 1.20 bits per heavy atom. The van der Waals surface area contributed by atoms with E-state index in [1.807, 2.05) is 13.8 Å². The summed E-state index contributed by atoms with van der Waals surface area (Å²) in [6.45, 7) is 9.46. The molecule has 0 unspecified atom stereocenters. The lowest BCUT2D eigenvalue weighted by atomic mass is 9.90. The van der Waals surface area contributed by atoms with Gasteiger partial charge in [-0.3, -0.25) is 4.79 Å². The van der Waals surface area contributed by atoms with Gasteiger partial charge in [0.2, 0.25) is 0 Å². The first-order valence-corrected chi connectivity index (χ1v) is 6.76. The molecule has 0 saturated heterocycles. The fourth-order valence-electron chi connectivity index (χ4n) is 1.61. The molecule has 0 aliphatic carbocycles. The van der Waals surface area contributed by atoms with Gasteiger partial charge in [0.05, 0.1) is 12.6 Å². The number of amides is 1. The highest BCUT2D eigenvalue weighted by molar-refractivity contribution is 5.93. The van der Waals surface area contributed by atoms with Gasteiger partial charge < -0.3 is 20.3 Å². The molecule has 0 bridgehead atoms. The van der Waals surface area contributed by atoms with Gasteiger partial charge >= 0.3 is 6.09 Å². The summed E-state index contributed by atoms with van der Waals surface area (Å²) in [7, 11) is 0. The maximum atomic E-state index is 12.2. The lowest BCUT2D eigenvalue weighted by Gasteiger charge is -2.28. The standard InChI is InChI=1S/C14H27NO5/c1-9(2)7-10(11(17)14(6,19)8-16)15-12(18)20-13(3,4)5/h9-10,16,19H,7-8H2,1-6H3,(H,15,18)/t10-,14+/m1/s1. The third kappa shape index (κ3) is 6.86. The van der Waals surface area contributed by atoms with E-state index in [0.29, 0.717) is 6.42 Å². The van der Waals surface area contributed by atoms with Crippen molar-refractivity contribution >= 4 is 11.9 Å². The molecule has 0 aliphatic heterocycles. The molecular weight excluding hydrogens is 262 g/mol. The monoisotopic (exact) mass is 289 g/mol. The highest BCUT2D eigenvalue weighted by Crippen LogP contribution is 2.15. The minimum atomic E-state index is -1.88. The van der Waals surface area contributed by atoms with Gasteiger partial charge in [-0.2, -0.15) is 0 Å². The SMILES string of the molecule is CC(C)C[C@@H](NC(=O)OC(C)(C)C)C(=O)[C@@](C)(O)CO. The van der Waals surface area contributed by atoms with E-state index in [2.05, 4.69) is 5.32 Å². The molecule has 6 nitrogen and oxygen atoms in total. The van der Waals surface area contributed by atoms with Crippen molar-refractivity contribution in [3.63, 3.8) is 0 Å². The smallest absolute Gasteiger partial charge is 0.408 e. The van der Waals surface area contributed by atoms with Gasteiger partial charge in [0.1, 0.15) is 11.2 Å². The third-order valence-corrected chi connectivity index (χ3v) is 2.55. The molecule has 0 aromatic rings. The molecule has 0 saturated carbocycles. The van der Waals surface area contributed by atoms with Crippen LogP contribution in [-0.2, 0) is 9.53 Å². The van der Waals surface area contributed by atoms with Gasteiger partial charge in [-0.1, -0.05) is 13.8 Å². The number of carbonyl (C=O) groups is 2. The Bertz CT molecular complexity index is 344. The number of rotatable bonds is 6. The molecule has 2 atom stereocenters. The van der Waals surface area contributed by atoms with E-state index in [-0.39, 0.29) is 5.92 Å². The third-order valence-electron chi connectivity index (χ3n) is 2.55. The molecule has 0 fully saturated rings. The fourth-order valence-corrected chi connectivity index (χ4v) is 1.61. The number of hydrogen-bond donors (Lipinski definition) is 3. The first-order valence-electron chi connectivity index (χ1n) is 6.76. The van der Waals surface area contributed by atoms with Crippen molar-refractivity contribution in [2.75, 3.05) is 6.61 Å². The van der Waals surface area contributed by atoms with Crippen LogP contribution in [0.1, 0.15) is 48.0 Å². The van der Waals surface area contributed by atoms with E-state index in [4.69, 9.17) is 9.84 Å². The number of hydrogen-bond acceptors (Lipinski definition) is 5. The molecular formula is C14H27NO5. The van der Waals surface area contributed by atoms with Crippen LogP contribution in [0, 0.1) is 5.92 Å². The number of aliphatic hydroxyl groups excluding tert-OH is 1. The molecule has 0 aromatic heterocycles. The molecule has 1 amide bonds. The van der Waals surface area contributed by atoms with Gasteiger partial charge in [0.15, 0.2) is 5.78 Å². The minimum Gasteiger partial charge on any atom is -0.444 e. The normalized spacial score (nSPS) is 16.4. The molecule has 0 spiro atoms. The molecule has 0 aromatic carbocycles. The van der Waals surface area contributed by atoms with Gasteiger partial charge in [-0.25, -0.2) is 4.79 Å². The molecule has 0 heterocycles. The Labute approximate surface area is 120 Å². The number of ether oxygens (including phenoxy) is 1. The summed E-state index contributed by atoms with van der Waals surface area (Å²) in [5, 5.41) is 21.3. The van der Waals surface area contributed by atoms with Crippen molar-refractivity contribution in [3.8, 4) is 0 Å². The summed E-state index contributed by atoms with van der Waals surface area (Å²) < 4.78 is 5.10. The van der Waals surface area contributed by atoms with Crippen LogP contribution in [-0.4, -0.2) is 45.9 Å². The van der Waals surface area contributed by atoms with Crippen molar-refractivity contribution in [2.24, 2.45) is 5.92 Å². The van der Waals surface area contributed by atoms with Crippen LogP contribution in [0.3, 0.4) is 0 Å². The van der Waals surface area contributed by atoms with Crippen LogP contribution in [0.25, 0.3) is 0 Å². The van der Waals surface area contributed by atoms with Crippen molar-refractivity contribution < 1.29 is 24.5 Å². The second kappa shape index (κ2) is 7.04. The van der Waals surface area contributed by atoms with Crippen molar-refractivity contribution in [2.45, 2.75) is 65.2 Å². The van der Waals surface area contributed by atoms with Crippen LogP contribution in [0.2, 0.25) is 0 Å². The van der Waals surface area contributed by atoms with Crippen molar-refractivity contribution in [3.05, 3.63) is 0 Å². The summed E-state index contributed by atoms with van der Waals surface area (Å²) in [5.41, 5.74) is -2.55. The summed E-state index contributed by atoms with van der Waals surface area (Å²) in [6, 6.07) is -0.896. The zero-order chi connectivity index (χ0) is 16.1. The average molecular weight is 289 g/mol. The largest absolute Gasteiger partial charge is 0.444 e. The van der Waals surface area contributed by atoms with Crippen LogP contribution in [0.5, 0.6) is 0 Å². The predicted molar refractivity (Wildman–Crippen MR) is 75.3 cm³/mol. The highest BCUT2D eigenvalue weighted by atomic mass is 16.6. The van der Waals surface area contributed by atoms with Crippen LogP contribution >= 0.6 is 0 Å². The molecule has 0 radical (unpaired) electrons. The van der Waals surface area contributed by atoms with Crippen LogP contribution in [0.4, 0.5) is 4.79 Å². The number of nitrogens with one attached hydrogen (secondary N) is 1. The van der Waals surface area contributed by atoms with Crippen LogP contribution in [0.15, 0.2) is 0 Å². The Kier molecular flexibility index (Phi) is 6.64. The number of ketones is 1. The molecule has 3 N–H and O–H groups in total. The molecule has 0 aliphatic rings. The number of alkyl carbamates (subject to hydrolysis) is 1. The molecule has 118 valence electrons. The van der Waals surface area contributed by atoms with Gasteiger partial charge in [0, 0.05) is 0 Å². The predicted octanol–water partition coefficient (Wildman–Crippen LogP) is 1.24. The Hall–Kier alpha value is -1.14. The first-order chi connectivity index (χ1) is 8.89. The topological polar surface area (TPSA) is 95.9 Å². The quantitative estimate of drug-likeness (QED) is 0.683. The van der Waals surface area contributed by atoms with Crippen molar-refractivity contribution in [1.29, 1.82) is 0 Å². The van der Waals surface area contributed by atoms with E-state index in [0.717, 1.165) is 0 Å². The maximum absolute atomic E-state index is 12.2. The zero-order valence-electron chi connectivity index (χ0n) is 13.2. The summed E-state index contributed by atoms with van der Waals surface area (Å²) in [5.74, 6) is -0.493.